The summed E-state index contributed by atoms with van der Waals surface area (Å²) in [5, 5.41) is 14.6. The number of carbonyl (C=O) groups excluding carboxylic acids is 1. The number of hydrogen-bond acceptors (Lipinski definition) is 3. The fourth-order valence-corrected chi connectivity index (χ4v) is 3.29. The van der Waals surface area contributed by atoms with Gasteiger partial charge in [-0.15, -0.1) is 11.3 Å². The predicted molar refractivity (Wildman–Crippen MR) is 87.2 cm³/mol. The van der Waals surface area contributed by atoms with Gasteiger partial charge < -0.3 is 10.4 Å². The first-order chi connectivity index (χ1) is 10.2. The summed E-state index contributed by atoms with van der Waals surface area (Å²) in [5.74, 6) is 0.168. The molecular formula is C16H18ClNO2S. The van der Waals surface area contributed by atoms with E-state index >= 15 is 0 Å². The Morgan fingerprint density at radius 3 is 2.81 bits per heavy atom. The van der Waals surface area contributed by atoms with Crippen LogP contribution >= 0.6 is 22.9 Å². The summed E-state index contributed by atoms with van der Waals surface area (Å²) in [6.07, 6.45) is 1.53. The molecule has 1 atom stereocenters. The Bertz CT molecular complexity index is 571. The Morgan fingerprint density at radius 2 is 2.14 bits per heavy atom. The molecule has 0 bridgehead atoms. The fraction of sp³-hybridized carbons (Fsp3) is 0.312. The summed E-state index contributed by atoms with van der Waals surface area (Å²) >= 11 is 7.56. The lowest BCUT2D eigenvalue weighted by molar-refractivity contribution is 0.0952. The molecule has 0 aliphatic heterocycles. The zero-order valence-electron chi connectivity index (χ0n) is 11.6. The van der Waals surface area contributed by atoms with Crippen molar-refractivity contribution in [3.63, 3.8) is 0 Å². The highest BCUT2D eigenvalue weighted by Crippen LogP contribution is 2.26. The number of rotatable bonds is 7. The predicted octanol–water partition coefficient (Wildman–Crippen LogP) is 3.69. The maximum absolute atomic E-state index is 12.0. The molecule has 2 aromatic rings. The van der Waals surface area contributed by atoms with Crippen LogP contribution in [0.5, 0.6) is 0 Å². The van der Waals surface area contributed by atoms with Crippen LogP contribution in [0.4, 0.5) is 0 Å². The Hall–Kier alpha value is -1.36. The molecule has 0 unspecified atom stereocenters. The Kier molecular flexibility index (Phi) is 6.23. The topological polar surface area (TPSA) is 49.3 Å². The third kappa shape index (κ3) is 4.84. The molecule has 2 rings (SSSR count). The lowest BCUT2D eigenvalue weighted by atomic mass is 10.00. The van der Waals surface area contributed by atoms with Crippen molar-refractivity contribution in [2.45, 2.75) is 18.8 Å². The van der Waals surface area contributed by atoms with Gasteiger partial charge in [0, 0.05) is 28.6 Å². The van der Waals surface area contributed by atoms with Crippen LogP contribution in [0, 0.1) is 0 Å². The second-order valence-electron chi connectivity index (χ2n) is 4.78. The molecule has 1 amide bonds. The van der Waals surface area contributed by atoms with Crippen molar-refractivity contribution >= 4 is 28.8 Å². The van der Waals surface area contributed by atoms with Gasteiger partial charge in [-0.3, -0.25) is 4.79 Å². The molecule has 0 saturated heterocycles. The number of aliphatic hydroxyl groups excluding tert-OH is 1. The summed E-state index contributed by atoms with van der Waals surface area (Å²) < 4.78 is 0. The molecule has 0 aliphatic rings. The highest BCUT2D eigenvalue weighted by Gasteiger charge is 2.13. The molecule has 0 saturated carbocycles. The number of halogens is 1. The quantitative estimate of drug-likeness (QED) is 0.816. The lowest BCUT2D eigenvalue weighted by Crippen LogP contribution is -2.25. The minimum atomic E-state index is -0.119. The highest BCUT2D eigenvalue weighted by atomic mass is 35.5. The van der Waals surface area contributed by atoms with Crippen LogP contribution in [0.2, 0.25) is 5.02 Å². The standard InChI is InChI=1S/C16H18ClNO2S/c17-14-4-1-3-13(11-14)16(20)18-8-6-12(7-9-19)15-5-2-10-21-15/h1-5,10-12,19H,6-9H2,(H,18,20)/t12-/m0/s1. The second-order valence-corrected chi connectivity index (χ2v) is 6.20. The van der Waals surface area contributed by atoms with Crippen LogP contribution in [0.1, 0.15) is 34.0 Å². The largest absolute Gasteiger partial charge is 0.396 e. The van der Waals surface area contributed by atoms with E-state index in [4.69, 9.17) is 16.7 Å². The van der Waals surface area contributed by atoms with Crippen LogP contribution in [-0.2, 0) is 0 Å². The van der Waals surface area contributed by atoms with E-state index in [1.807, 2.05) is 11.4 Å². The van der Waals surface area contributed by atoms with Gasteiger partial charge in [-0.1, -0.05) is 23.7 Å². The van der Waals surface area contributed by atoms with Crippen LogP contribution in [0.25, 0.3) is 0 Å². The van der Waals surface area contributed by atoms with E-state index in [-0.39, 0.29) is 18.4 Å². The number of amides is 1. The molecule has 5 heteroatoms. The van der Waals surface area contributed by atoms with Crippen molar-refractivity contribution in [2.75, 3.05) is 13.2 Å². The minimum Gasteiger partial charge on any atom is -0.396 e. The van der Waals surface area contributed by atoms with Crippen molar-refractivity contribution in [1.82, 2.24) is 5.32 Å². The Balaban J connectivity index is 1.86. The smallest absolute Gasteiger partial charge is 0.251 e. The minimum absolute atomic E-state index is 0.119. The van der Waals surface area contributed by atoms with Gasteiger partial charge in [0.25, 0.3) is 5.91 Å². The van der Waals surface area contributed by atoms with Crippen molar-refractivity contribution < 1.29 is 9.90 Å². The van der Waals surface area contributed by atoms with Gasteiger partial charge in [0.2, 0.25) is 0 Å². The number of nitrogens with one attached hydrogen (secondary N) is 1. The molecule has 1 heterocycles. The van der Waals surface area contributed by atoms with Crippen LogP contribution in [-0.4, -0.2) is 24.2 Å². The van der Waals surface area contributed by atoms with Gasteiger partial charge >= 0.3 is 0 Å². The monoisotopic (exact) mass is 323 g/mol. The number of carbonyl (C=O) groups is 1. The van der Waals surface area contributed by atoms with Gasteiger partial charge in [0.1, 0.15) is 0 Å². The molecule has 1 aromatic heterocycles. The maximum Gasteiger partial charge on any atom is 0.251 e. The first-order valence-electron chi connectivity index (χ1n) is 6.88. The normalized spacial score (nSPS) is 12.1. The van der Waals surface area contributed by atoms with E-state index in [1.165, 1.54) is 4.88 Å². The van der Waals surface area contributed by atoms with Crippen molar-refractivity contribution in [3.8, 4) is 0 Å². The average molecular weight is 324 g/mol. The van der Waals surface area contributed by atoms with Gasteiger partial charge in [0.15, 0.2) is 0 Å². The van der Waals surface area contributed by atoms with Gasteiger partial charge in [0.05, 0.1) is 0 Å². The SMILES string of the molecule is O=C(NCC[C@@H](CCO)c1cccs1)c1cccc(Cl)c1. The molecule has 112 valence electrons. The fourth-order valence-electron chi connectivity index (χ4n) is 2.20. The highest BCUT2D eigenvalue weighted by molar-refractivity contribution is 7.10. The molecule has 21 heavy (non-hydrogen) atoms. The number of benzene rings is 1. The van der Waals surface area contributed by atoms with Crippen LogP contribution in [0.3, 0.4) is 0 Å². The molecule has 0 fully saturated rings. The maximum atomic E-state index is 12.0. The molecule has 1 aromatic carbocycles. The number of aliphatic hydroxyl groups is 1. The van der Waals surface area contributed by atoms with E-state index < -0.39 is 0 Å². The van der Waals surface area contributed by atoms with Crippen molar-refractivity contribution in [3.05, 3.63) is 57.2 Å². The molecule has 0 aliphatic carbocycles. The van der Waals surface area contributed by atoms with Gasteiger partial charge in [-0.05, 0) is 48.4 Å². The first-order valence-corrected chi connectivity index (χ1v) is 8.14. The average Bonchev–Trinajstić information content (AvgIpc) is 3.00. The summed E-state index contributed by atoms with van der Waals surface area (Å²) in [7, 11) is 0. The van der Waals surface area contributed by atoms with E-state index in [0.717, 1.165) is 6.42 Å². The molecule has 2 N–H and O–H groups in total. The number of thiophene rings is 1. The molecular weight excluding hydrogens is 306 g/mol. The molecule has 0 spiro atoms. The van der Waals surface area contributed by atoms with E-state index in [9.17, 15) is 4.79 Å². The summed E-state index contributed by atoms with van der Waals surface area (Å²) in [4.78, 5) is 13.3. The third-order valence-corrected chi connectivity index (χ3v) is 4.56. The van der Waals surface area contributed by atoms with Crippen molar-refractivity contribution in [2.24, 2.45) is 0 Å². The van der Waals surface area contributed by atoms with E-state index in [1.54, 1.807) is 35.6 Å². The van der Waals surface area contributed by atoms with Crippen molar-refractivity contribution in [1.29, 1.82) is 0 Å². The van der Waals surface area contributed by atoms with E-state index in [0.29, 0.717) is 23.6 Å². The molecule has 0 radical (unpaired) electrons. The third-order valence-electron chi connectivity index (χ3n) is 3.29. The summed E-state index contributed by atoms with van der Waals surface area (Å²) in [6.45, 7) is 0.735. The number of hydrogen-bond donors (Lipinski definition) is 2. The molecule has 3 nitrogen and oxygen atoms in total. The lowest BCUT2D eigenvalue weighted by Gasteiger charge is -2.14. The Morgan fingerprint density at radius 1 is 1.29 bits per heavy atom. The van der Waals surface area contributed by atoms with Crippen LogP contribution in [0.15, 0.2) is 41.8 Å². The van der Waals surface area contributed by atoms with Gasteiger partial charge in [-0.25, -0.2) is 0 Å². The zero-order valence-corrected chi connectivity index (χ0v) is 13.2. The van der Waals surface area contributed by atoms with E-state index in [2.05, 4.69) is 11.4 Å². The first kappa shape index (κ1) is 16.0. The Labute approximate surface area is 133 Å². The summed E-state index contributed by atoms with van der Waals surface area (Å²) in [5.41, 5.74) is 0.567. The zero-order chi connectivity index (χ0) is 15.1. The van der Waals surface area contributed by atoms with Gasteiger partial charge in [-0.2, -0.15) is 0 Å². The second kappa shape index (κ2) is 8.17. The van der Waals surface area contributed by atoms with Crippen LogP contribution < -0.4 is 5.32 Å². The summed E-state index contributed by atoms with van der Waals surface area (Å²) in [6, 6.07) is 11.0.